The Bertz CT molecular complexity index is 435. The second-order valence-corrected chi connectivity index (χ2v) is 5.42. The molecule has 0 spiro atoms. The number of anilines is 3. The molecule has 0 atom stereocenters. The molecular weight excluding hydrogens is 240 g/mol. The van der Waals surface area contributed by atoms with Crippen molar-refractivity contribution in [1.82, 2.24) is 14.9 Å². The van der Waals surface area contributed by atoms with Crippen LogP contribution in [0.2, 0.25) is 0 Å². The first kappa shape index (κ1) is 12.5. The fourth-order valence-electron chi connectivity index (χ4n) is 2.83. The molecule has 6 heteroatoms. The van der Waals surface area contributed by atoms with Gasteiger partial charge in [0.05, 0.1) is 0 Å². The number of nitrogens with zero attached hydrogens (tertiary/aromatic N) is 5. The summed E-state index contributed by atoms with van der Waals surface area (Å²) in [7, 11) is 2.15. The predicted octanol–water partition coefficient (Wildman–Crippen LogP) is 0.411. The van der Waals surface area contributed by atoms with Crippen molar-refractivity contribution in [2.45, 2.75) is 12.8 Å². The highest BCUT2D eigenvalue weighted by Crippen LogP contribution is 2.31. The number of hydrogen-bond acceptors (Lipinski definition) is 6. The molecule has 0 saturated carbocycles. The lowest BCUT2D eigenvalue weighted by Gasteiger charge is -2.34. The van der Waals surface area contributed by atoms with Gasteiger partial charge in [-0.1, -0.05) is 0 Å². The summed E-state index contributed by atoms with van der Waals surface area (Å²) in [6, 6.07) is 0. The summed E-state index contributed by atoms with van der Waals surface area (Å²) >= 11 is 0. The number of likely N-dealkylation sites (N-methyl/N-ethyl adjacent to an activating group) is 1. The highest BCUT2D eigenvalue weighted by Gasteiger charge is 2.22. The maximum Gasteiger partial charge on any atom is 0.157 e. The van der Waals surface area contributed by atoms with Crippen LogP contribution in [0.25, 0.3) is 0 Å². The van der Waals surface area contributed by atoms with Crippen molar-refractivity contribution in [3.05, 3.63) is 6.33 Å². The van der Waals surface area contributed by atoms with Gasteiger partial charge in [-0.2, -0.15) is 0 Å². The average Bonchev–Trinajstić information content (AvgIpc) is 2.94. The smallest absolute Gasteiger partial charge is 0.157 e. The summed E-state index contributed by atoms with van der Waals surface area (Å²) in [6.45, 7) is 6.20. The molecule has 2 saturated heterocycles. The molecule has 1 aromatic rings. The van der Waals surface area contributed by atoms with E-state index in [9.17, 15) is 0 Å². The van der Waals surface area contributed by atoms with Crippen molar-refractivity contribution in [1.29, 1.82) is 0 Å². The lowest BCUT2D eigenvalue weighted by molar-refractivity contribution is 0.312. The van der Waals surface area contributed by atoms with Gasteiger partial charge in [0, 0.05) is 39.3 Å². The van der Waals surface area contributed by atoms with Gasteiger partial charge in [-0.05, 0) is 19.9 Å². The molecule has 0 radical (unpaired) electrons. The molecule has 6 nitrogen and oxygen atoms in total. The lowest BCUT2D eigenvalue weighted by Crippen LogP contribution is -2.45. The van der Waals surface area contributed by atoms with Gasteiger partial charge in [-0.15, -0.1) is 0 Å². The Hall–Kier alpha value is -1.56. The Kier molecular flexibility index (Phi) is 3.42. The van der Waals surface area contributed by atoms with Crippen molar-refractivity contribution < 1.29 is 0 Å². The van der Waals surface area contributed by atoms with Gasteiger partial charge >= 0.3 is 0 Å². The maximum absolute atomic E-state index is 6.31. The van der Waals surface area contributed by atoms with E-state index in [1.54, 1.807) is 6.33 Å². The molecule has 2 fully saturated rings. The zero-order chi connectivity index (χ0) is 13.2. The van der Waals surface area contributed by atoms with Gasteiger partial charge in [0.2, 0.25) is 0 Å². The van der Waals surface area contributed by atoms with Crippen LogP contribution in [-0.2, 0) is 0 Å². The van der Waals surface area contributed by atoms with Crippen molar-refractivity contribution in [2.24, 2.45) is 0 Å². The summed E-state index contributed by atoms with van der Waals surface area (Å²) in [4.78, 5) is 15.7. The molecule has 2 N–H and O–H groups in total. The van der Waals surface area contributed by atoms with E-state index in [0.29, 0.717) is 0 Å². The van der Waals surface area contributed by atoms with Crippen molar-refractivity contribution >= 4 is 17.3 Å². The molecule has 0 bridgehead atoms. The highest BCUT2D eigenvalue weighted by molar-refractivity contribution is 5.76. The number of piperazine rings is 1. The first-order chi connectivity index (χ1) is 9.25. The molecule has 104 valence electrons. The first-order valence-electron chi connectivity index (χ1n) is 7.04. The van der Waals surface area contributed by atoms with Gasteiger partial charge in [0.1, 0.15) is 12.0 Å². The van der Waals surface area contributed by atoms with Crippen LogP contribution in [0.3, 0.4) is 0 Å². The van der Waals surface area contributed by atoms with Crippen molar-refractivity contribution in [2.75, 3.05) is 61.8 Å². The predicted molar refractivity (Wildman–Crippen MR) is 77.6 cm³/mol. The molecule has 2 aliphatic heterocycles. The quantitative estimate of drug-likeness (QED) is 0.833. The Labute approximate surface area is 114 Å². The van der Waals surface area contributed by atoms with E-state index in [1.165, 1.54) is 12.8 Å². The van der Waals surface area contributed by atoms with Gasteiger partial charge in [-0.3, -0.25) is 0 Å². The standard InChI is InChI=1S/C13H22N6/c1-17-6-8-19(9-7-17)13-11(14)12(15-10-16-13)18-4-2-3-5-18/h10H,2-9,14H2,1H3. The number of rotatable bonds is 2. The van der Waals surface area contributed by atoms with Crippen LogP contribution in [-0.4, -0.2) is 61.2 Å². The Morgan fingerprint density at radius 3 is 2.00 bits per heavy atom. The Balaban J connectivity index is 1.83. The van der Waals surface area contributed by atoms with Gasteiger partial charge in [0.25, 0.3) is 0 Å². The maximum atomic E-state index is 6.31. The minimum absolute atomic E-state index is 0.744. The molecule has 3 rings (SSSR count). The van der Waals surface area contributed by atoms with Gasteiger partial charge < -0.3 is 20.4 Å². The second kappa shape index (κ2) is 5.21. The fourth-order valence-corrected chi connectivity index (χ4v) is 2.83. The molecule has 19 heavy (non-hydrogen) atoms. The van der Waals surface area contributed by atoms with E-state index in [0.717, 1.165) is 56.6 Å². The van der Waals surface area contributed by atoms with E-state index >= 15 is 0 Å². The molecule has 0 aliphatic carbocycles. The normalized spacial score (nSPS) is 21.1. The minimum Gasteiger partial charge on any atom is -0.393 e. The summed E-state index contributed by atoms with van der Waals surface area (Å²) in [6.07, 6.45) is 4.11. The van der Waals surface area contributed by atoms with E-state index in [-0.39, 0.29) is 0 Å². The average molecular weight is 262 g/mol. The Morgan fingerprint density at radius 1 is 0.895 bits per heavy atom. The summed E-state index contributed by atoms with van der Waals surface area (Å²) in [5, 5.41) is 0. The molecule has 1 aromatic heterocycles. The van der Waals surface area contributed by atoms with Crippen LogP contribution in [0.15, 0.2) is 6.33 Å². The third-order valence-electron chi connectivity index (χ3n) is 4.05. The van der Waals surface area contributed by atoms with Crippen molar-refractivity contribution in [3.63, 3.8) is 0 Å². The molecule has 3 heterocycles. The first-order valence-corrected chi connectivity index (χ1v) is 7.04. The fraction of sp³-hybridized carbons (Fsp3) is 0.692. The van der Waals surface area contributed by atoms with Crippen LogP contribution >= 0.6 is 0 Å². The number of aromatic nitrogens is 2. The number of hydrogen-bond donors (Lipinski definition) is 1. The van der Waals surface area contributed by atoms with E-state index < -0.39 is 0 Å². The van der Waals surface area contributed by atoms with Crippen LogP contribution in [0.4, 0.5) is 17.3 Å². The molecule has 0 unspecified atom stereocenters. The summed E-state index contributed by atoms with van der Waals surface area (Å²) in [5.41, 5.74) is 7.05. The van der Waals surface area contributed by atoms with Crippen LogP contribution < -0.4 is 15.5 Å². The van der Waals surface area contributed by atoms with Crippen LogP contribution in [0.1, 0.15) is 12.8 Å². The topological polar surface area (TPSA) is 61.5 Å². The second-order valence-electron chi connectivity index (χ2n) is 5.42. The zero-order valence-corrected chi connectivity index (χ0v) is 11.5. The zero-order valence-electron chi connectivity index (χ0n) is 11.5. The largest absolute Gasteiger partial charge is 0.393 e. The number of nitrogens with two attached hydrogens (primary N) is 1. The molecule has 2 aliphatic rings. The third-order valence-corrected chi connectivity index (χ3v) is 4.05. The van der Waals surface area contributed by atoms with Gasteiger partial charge in [-0.25, -0.2) is 9.97 Å². The molecular formula is C13H22N6. The lowest BCUT2D eigenvalue weighted by atomic mass is 10.3. The minimum atomic E-state index is 0.744. The van der Waals surface area contributed by atoms with E-state index in [2.05, 4.69) is 31.7 Å². The monoisotopic (exact) mass is 262 g/mol. The van der Waals surface area contributed by atoms with Crippen molar-refractivity contribution in [3.8, 4) is 0 Å². The van der Waals surface area contributed by atoms with Crippen LogP contribution in [0, 0.1) is 0 Å². The number of nitrogen functional groups attached to an aromatic ring is 1. The third kappa shape index (κ3) is 2.45. The molecule has 0 amide bonds. The van der Waals surface area contributed by atoms with E-state index in [4.69, 9.17) is 5.73 Å². The summed E-state index contributed by atoms with van der Waals surface area (Å²) < 4.78 is 0. The SMILES string of the molecule is CN1CCN(c2ncnc(N3CCCC3)c2N)CC1. The summed E-state index contributed by atoms with van der Waals surface area (Å²) in [5.74, 6) is 1.83. The highest BCUT2D eigenvalue weighted by atomic mass is 15.3. The Morgan fingerprint density at radius 2 is 1.42 bits per heavy atom. The van der Waals surface area contributed by atoms with E-state index in [1.807, 2.05) is 0 Å². The van der Waals surface area contributed by atoms with Crippen LogP contribution in [0.5, 0.6) is 0 Å². The van der Waals surface area contributed by atoms with Gasteiger partial charge in [0.15, 0.2) is 11.6 Å². The molecule has 0 aromatic carbocycles.